The predicted octanol–water partition coefficient (Wildman–Crippen LogP) is 30.3. The van der Waals surface area contributed by atoms with Crippen LogP contribution in [0.1, 0.15) is 0 Å². The Labute approximate surface area is 693 Å². The summed E-state index contributed by atoms with van der Waals surface area (Å²) < 4.78 is 14.6. The van der Waals surface area contributed by atoms with E-state index < -0.39 is 0 Å². The van der Waals surface area contributed by atoms with Crippen LogP contribution in [0.3, 0.4) is 0 Å². The summed E-state index contributed by atoms with van der Waals surface area (Å²) in [4.78, 5) is 0. The van der Waals surface area contributed by atoms with Crippen molar-refractivity contribution in [1.82, 2.24) is 27.4 Å². The Kier molecular flexibility index (Phi) is 16.8. The molecule has 0 spiro atoms. The van der Waals surface area contributed by atoms with Crippen molar-refractivity contribution in [2.45, 2.75) is 0 Å². The number of fused-ring (bicyclic) bond motifs is 21. The van der Waals surface area contributed by atoms with Gasteiger partial charge in [-0.3, -0.25) is 0 Å². The minimum Gasteiger partial charge on any atom is -0.309 e. The maximum absolute atomic E-state index is 2.47. The standard InChI is InChI=1S/2C42H28N2.C30H20N2/c1-3-13-29(14-4-1)31-17-11-19-33(27-31)43-39-24-10-8-22-37(39)41-40(43)26-25-36-35-21-7-9-23-38(35)44(42(36)41)34-20-12-18-32(28-34)30-15-5-2-6-16-30;1-3-11-29(12-4-1)31-19-23-33(24-20-31)43-39-18-10-8-16-37(39)41-40(43)28-27-36-35-15-7-9-17-38(35)44(42(36)41)34-25-21-32(22-26-34)30-13-5-2-6-14-30;1-3-11-21(12-4-1)31-27-18-10-8-16-25(27)29-28(31)20-19-24-23-15-7-9-17-26(23)32(30(24)29)22-13-5-2-6-14-22/h2*1-28H;1-20H. The number of aromatic nitrogens is 6. The van der Waals surface area contributed by atoms with E-state index >= 15 is 0 Å². The molecular formula is C114H76N6. The Morgan fingerprint density at radius 2 is 0.317 bits per heavy atom. The van der Waals surface area contributed by atoms with Crippen LogP contribution in [0.2, 0.25) is 0 Å². The molecule has 25 aromatic rings. The van der Waals surface area contributed by atoms with Crippen LogP contribution in [0, 0.1) is 0 Å². The van der Waals surface area contributed by atoms with Crippen LogP contribution < -0.4 is 0 Å². The van der Waals surface area contributed by atoms with Crippen molar-refractivity contribution in [3.8, 4) is 78.6 Å². The molecule has 0 radical (unpaired) electrons. The number of benzene rings is 19. The Balaban J connectivity index is 0.000000107. The Morgan fingerprint density at radius 3 is 0.650 bits per heavy atom. The predicted molar refractivity (Wildman–Crippen MR) is 507 cm³/mol. The zero-order chi connectivity index (χ0) is 79.1. The number of hydrogen-bond donors (Lipinski definition) is 0. The number of para-hydroxylation sites is 8. The molecular weight excluding hydrogens is 1450 g/mol. The molecule has 0 fully saturated rings. The van der Waals surface area contributed by atoms with Gasteiger partial charge < -0.3 is 27.4 Å². The largest absolute Gasteiger partial charge is 0.309 e. The Hall–Kier alpha value is -16.0. The second-order valence-electron chi connectivity index (χ2n) is 31.0. The van der Waals surface area contributed by atoms with Gasteiger partial charge in [0, 0.05) is 98.8 Å². The fraction of sp³-hybridized carbons (Fsp3) is 0. The summed E-state index contributed by atoms with van der Waals surface area (Å²) in [6.45, 7) is 0. The molecule has 0 aliphatic rings. The van der Waals surface area contributed by atoms with Crippen molar-refractivity contribution in [3.63, 3.8) is 0 Å². The average Bonchev–Trinajstić information content (AvgIpc) is 1.55. The maximum atomic E-state index is 2.47. The van der Waals surface area contributed by atoms with Crippen molar-refractivity contribution < 1.29 is 0 Å². The van der Waals surface area contributed by atoms with Crippen molar-refractivity contribution in [1.29, 1.82) is 0 Å². The van der Waals surface area contributed by atoms with Crippen molar-refractivity contribution in [3.05, 3.63) is 461 Å². The number of rotatable bonds is 10. The Morgan fingerprint density at radius 1 is 0.108 bits per heavy atom. The lowest BCUT2D eigenvalue weighted by Crippen LogP contribution is -1.96. The van der Waals surface area contributed by atoms with E-state index in [-0.39, 0.29) is 0 Å². The zero-order valence-corrected chi connectivity index (χ0v) is 65.6. The molecule has 6 heterocycles. The summed E-state index contributed by atoms with van der Waals surface area (Å²) in [5, 5.41) is 15.2. The molecule has 25 rings (SSSR count). The first-order chi connectivity index (χ1) is 59.6. The third-order valence-electron chi connectivity index (χ3n) is 24.3. The number of hydrogen-bond acceptors (Lipinski definition) is 0. The molecule has 0 aliphatic heterocycles. The van der Waals surface area contributed by atoms with Crippen LogP contribution in [0.5, 0.6) is 0 Å². The smallest absolute Gasteiger partial charge is 0.0641 e. The summed E-state index contributed by atoms with van der Waals surface area (Å²) in [5.41, 5.74) is 31.4. The molecule has 19 aromatic carbocycles. The normalized spacial score (nSPS) is 11.7. The van der Waals surface area contributed by atoms with E-state index in [4.69, 9.17) is 0 Å². The van der Waals surface area contributed by atoms with Gasteiger partial charge in [0.15, 0.2) is 0 Å². The average molecular weight is 1530 g/mol. The summed E-state index contributed by atoms with van der Waals surface area (Å²) in [5.74, 6) is 0. The van der Waals surface area contributed by atoms with Crippen LogP contribution in [-0.2, 0) is 0 Å². The van der Waals surface area contributed by atoms with E-state index in [0.717, 1.165) is 22.7 Å². The monoisotopic (exact) mass is 1530 g/mol. The third kappa shape index (κ3) is 11.5. The lowest BCUT2D eigenvalue weighted by atomic mass is 10.0. The van der Waals surface area contributed by atoms with Gasteiger partial charge in [-0.2, -0.15) is 0 Å². The SMILES string of the molecule is c1ccc(-c2ccc(-n3c4ccccc4c4c3ccc3c5ccccc5n(-c5ccc(-c6ccccc6)cc5)c34)cc2)cc1.c1ccc(-c2cccc(-n3c4ccccc4c4c3ccc3c5ccccc5n(-c5cccc(-c6ccccc6)c5)c34)c2)cc1.c1ccc(-n2c3ccccc3c3c2ccc2c4ccccc4n(-c4ccccc4)c23)cc1. The van der Waals surface area contributed by atoms with Crippen LogP contribution in [-0.4, -0.2) is 27.4 Å². The topological polar surface area (TPSA) is 29.6 Å². The molecule has 0 atom stereocenters. The quantitative estimate of drug-likeness (QED) is 0.131. The van der Waals surface area contributed by atoms with Crippen LogP contribution in [0.4, 0.5) is 0 Å². The molecule has 6 aromatic heterocycles. The first kappa shape index (κ1) is 69.5. The van der Waals surface area contributed by atoms with E-state index in [1.165, 1.54) is 187 Å². The highest BCUT2D eigenvalue weighted by molar-refractivity contribution is 6.29. The molecule has 6 heteroatoms. The zero-order valence-electron chi connectivity index (χ0n) is 65.6. The lowest BCUT2D eigenvalue weighted by molar-refractivity contribution is 1.17. The van der Waals surface area contributed by atoms with Crippen LogP contribution in [0.15, 0.2) is 461 Å². The molecule has 0 aliphatic carbocycles. The fourth-order valence-corrected chi connectivity index (χ4v) is 19.1. The minimum absolute atomic E-state index is 1.16. The first-order valence-electron chi connectivity index (χ1n) is 41.2. The van der Waals surface area contributed by atoms with E-state index in [1.54, 1.807) is 0 Å². The van der Waals surface area contributed by atoms with Gasteiger partial charge in [0.2, 0.25) is 0 Å². The van der Waals surface area contributed by atoms with Gasteiger partial charge in [-0.15, -0.1) is 0 Å². The van der Waals surface area contributed by atoms with Gasteiger partial charge in [-0.1, -0.05) is 334 Å². The molecule has 0 saturated carbocycles. The van der Waals surface area contributed by atoms with E-state index in [1.807, 2.05) is 0 Å². The highest BCUT2D eigenvalue weighted by Crippen LogP contribution is 2.47. The van der Waals surface area contributed by atoms with Gasteiger partial charge in [0.25, 0.3) is 0 Å². The number of nitrogens with zero attached hydrogens (tertiary/aromatic N) is 6. The van der Waals surface area contributed by atoms with Gasteiger partial charge in [0.05, 0.1) is 66.2 Å². The molecule has 6 nitrogen and oxygen atoms in total. The second kappa shape index (κ2) is 29.1. The van der Waals surface area contributed by atoms with E-state index in [9.17, 15) is 0 Å². The van der Waals surface area contributed by atoms with Gasteiger partial charge in [-0.05, 0) is 172 Å². The minimum atomic E-state index is 1.16. The van der Waals surface area contributed by atoms with Gasteiger partial charge in [0.1, 0.15) is 0 Å². The molecule has 0 N–H and O–H groups in total. The second-order valence-corrected chi connectivity index (χ2v) is 31.0. The molecule has 0 unspecified atom stereocenters. The summed E-state index contributed by atoms with van der Waals surface area (Å²) in [7, 11) is 0. The van der Waals surface area contributed by atoms with Crippen molar-refractivity contribution in [2.24, 2.45) is 0 Å². The van der Waals surface area contributed by atoms with Gasteiger partial charge >= 0.3 is 0 Å². The summed E-state index contributed by atoms with van der Waals surface area (Å²) in [6, 6.07) is 166. The third-order valence-corrected chi connectivity index (χ3v) is 24.3. The summed E-state index contributed by atoms with van der Waals surface area (Å²) in [6.07, 6.45) is 0. The lowest BCUT2D eigenvalue weighted by Gasteiger charge is -2.12. The highest BCUT2D eigenvalue weighted by atomic mass is 15.0. The van der Waals surface area contributed by atoms with Crippen molar-refractivity contribution in [2.75, 3.05) is 0 Å². The first-order valence-corrected chi connectivity index (χ1v) is 41.2. The van der Waals surface area contributed by atoms with Crippen molar-refractivity contribution >= 4 is 131 Å². The van der Waals surface area contributed by atoms with Gasteiger partial charge in [-0.25, -0.2) is 0 Å². The molecule has 562 valence electrons. The van der Waals surface area contributed by atoms with Crippen LogP contribution in [0.25, 0.3) is 209 Å². The highest BCUT2D eigenvalue weighted by Gasteiger charge is 2.26. The Bertz CT molecular complexity index is 8210. The summed E-state index contributed by atoms with van der Waals surface area (Å²) >= 11 is 0. The molecule has 0 amide bonds. The molecule has 0 bridgehead atoms. The van der Waals surface area contributed by atoms with E-state index in [2.05, 4.69) is 488 Å². The van der Waals surface area contributed by atoms with E-state index in [0.29, 0.717) is 0 Å². The molecule has 120 heavy (non-hydrogen) atoms. The maximum Gasteiger partial charge on any atom is 0.0641 e. The molecule has 0 saturated heterocycles. The van der Waals surface area contributed by atoms with Crippen LogP contribution >= 0.6 is 0 Å². The fourth-order valence-electron chi connectivity index (χ4n) is 19.1.